The SMILES string of the molecule is COc1ccc(COCCCCCNCc2ccc(C(=O)O)cc2)cc1. The maximum absolute atomic E-state index is 10.8. The third-order valence-electron chi connectivity index (χ3n) is 4.10. The molecule has 0 fully saturated rings. The van der Waals surface area contributed by atoms with Crippen molar-refractivity contribution in [2.75, 3.05) is 20.3 Å². The molecule has 0 spiro atoms. The summed E-state index contributed by atoms with van der Waals surface area (Å²) >= 11 is 0. The van der Waals surface area contributed by atoms with Gasteiger partial charge < -0.3 is 19.9 Å². The van der Waals surface area contributed by atoms with Gasteiger partial charge in [0.2, 0.25) is 0 Å². The van der Waals surface area contributed by atoms with Crippen LogP contribution in [0.3, 0.4) is 0 Å². The van der Waals surface area contributed by atoms with Gasteiger partial charge in [0.15, 0.2) is 0 Å². The van der Waals surface area contributed by atoms with Crippen LogP contribution in [-0.4, -0.2) is 31.3 Å². The Morgan fingerprint density at radius 2 is 1.65 bits per heavy atom. The van der Waals surface area contributed by atoms with Gasteiger partial charge in [0.1, 0.15) is 5.75 Å². The smallest absolute Gasteiger partial charge is 0.335 e. The number of ether oxygens (including phenoxy) is 2. The van der Waals surface area contributed by atoms with Gasteiger partial charge >= 0.3 is 5.97 Å². The number of hydrogen-bond donors (Lipinski definition) is 2. The molecule has 0 amide bonds. The molecular formula is C21H27NO4. The van der Waals surface area contributed by atoms with Crippen LogP contribution in [0.15, 0.2) is 48.5 Å². The quantitative estimate of drug-likeness (QED) is 0.565. The Morgan fingerprint density at radius 3 is 2.31 bits per heavy atom. The van der Waals surface area contributed by atoms with Gasteiger partial charge in [-0.2, -0.15) is 0 Å². The molecule has 5 heteroatoms. The minimum Gasteiger partial charge on any atom is -0.497 e. The van der Waals surface area contributed by atoms with Crippen molar-refractivity contribution >= 4 is 5.97 Å². The second-order valence-corrected chi connectivity index (χ2v) is 6.14. The van der Waals surface area contributed by atoms with Crippen LogP contribution in [0.25, 0.3) is 0 Å². The summed E-state index contributed by atoms with van der Waals surface area (Å²) in [6.07, 6.45) is 3.26. The molecule has 0 saturated carbocycles. The molecule has 0 bridgehead atoms. The lowest BCUT2D eigenvalue weighted by molar-refractivity contribution is 0.0697. The number of rotatable bonds is 12. The van der Waals surface area contributed by atoms with E-state index in [0.717, 1.165) is 55.8 Å². The number of unbranched alkanes of at least 4 members (excludes halogenated alkanes) is 2. The van der Waals surface area contributed by atoms with Crippen LogP contribution >= 0.6 is 0 Å². The van der Waals surface area contributed by atoms with E-state index >= 15 is 0 Å². The zero-order valence-electron chi connectivity index (χ0n) is 15.2. The summed E-state index contributed by atoms with van der Waals surface area (Å²) in [7, 11) is 1.66. The van der Waals surface area contributed by atoms with E-state index in [4.69, 9.17) is 14.6 Å². The molecule has 0 aliphatic carbocycles. The topological polar surface area (TPSA) is 67.8 Å². The van der Waals surface area contributed by atoms with Crippen molar-refractivity contribution in [1.82, 2.24) is 5.32 Å². The zero-order chi connectivity index (χ0) is 18.6. The van der Waals surface area contributed by atoms with E-state index in [9.17, 15) is 4.79 Å². The molecule has 0 radical (unpaired) electrons. The molecule has 2 rings (SSSR count). The Hall–Kier alpha value is -2.37. The molecule has 2 N–H and O–H groups in total. The molecule has 2 aromatic rings. The van der Waals surface area contributed by atoms with E-state index in [-0.39, 0.29) is 0 Å². The average molecular weight is 357 g/mol. The van der Waals surface area contributed by atoms with E-state index in [1.165, 1.54) is 0 Å². The first kappa shape index (κ1) is 19.9. The highest BCUT2D eigenvalue weighted by molar-refractivity contribution is 5.87. The molecule has 0 aromatic heterocycles. The second-order valence-electron chi connectivity index (χ2n) is 6.14. The number of aromatic carboxylic acids is 1. The van der Waals surface area contributed by atoms with Crippen molar-refractivity contribution < 1.29 is 19.4 Å². The largest absolute Gasteiger partial charge is 0.497 e. The summed E-state index contributed by atoms with van der Waals surface area (Å²) < 4.78 is 10.8. The summed E-state index contributed by atoms with van der Waals surface area (Å²) in [6.45, 7) is 3.10. The van der Waals surface area contributed by atoms with Crippen molar-refractivity contribution in [1.29, 1.82) is 0 Å². The van der Waals surface area contributed by atoms with Gasteiger partial charge in [-0.05, 0) is 61.2 Å². The fourth-order valence-electron chi connectivity index (χ4n) is 2.54. The van der Waals surface area contributed by atoms with Crippen molar-refractivity contribution in [2.45, 2.75) is 32.4 Å². The molecule has 0 aliphatic heterocycles. The summed E-state index contributed by atoms with van der Waals surface area (Å²) in [6, 6.07) is 14.9. The van der Waals surface area contributed by atoms with E-state index in [2.05, 4.69) is 5.32 Å². The molecule has 0 aliphatic rings. The van der Waals surface area contributed by atoms with E-state index in [0.29, 0.717) is 12.2 Å². The van der Waals surface area contributed by atoms with Crippen LogP contribution in [0.4, 0.5) is 0 Å². The number of carboxylic acid groups (broad SMARTS) is 1. The van der Waals surface area contributed by atoms with Crippen LogP contribution in [0.5, 0.6) is 5.75 Å². The maximum Gasteiger partial charge on any atom is 0.335 e. The van der Waals surface area contributed by atoms with Gasteiger partial charge in [-0.3, -0.25) is 0 Å². The summed E-state index contributed by atoms with van der Waals surface area (Å²) in [5, 5.41) is 12.2. The normalized spacial score (nSPS) is 10.7. The summed E-state index contributed by atoms with van der Waals surface area (Å²) in [5.41, 5.74) is 2.57. The molecule has 2 aromatic carbocycles. The Morgan fingerprint density at radius 1 is 0.962 bits per heavy atom. The molecule has 5 nitrogen and oxygen atoms in total. The minimum atomic E-state index is -0.890. The lowest BCUT2D eigenvalue weighted by Crippen LogP contribution is -2.14. The summed E-state index contributed by atoms with van der Waals surface area (Å²) in [5.74, 6) is -0.0298. The first-order valence-corrected chi connectivity index (χ1v) is 8.92. The van der Waals surface area contributed by atoms with Crippen molar-refractivity contribution in [2.24, 2.45) is 0 Å². The third-order valence-corrected chi connectivity index (χ3v) is 4.10. The summed E-state index contributed by atoms with van der Waals surface area (Å²) in [4.78, 5) is 10.8. The van der Waals surface area contributed by atoms with Gasteiger partial charge in [-0.15, -0.1) is 0 Å². The standard InChI is InChI=1S/C21H27NO4/c1-25-20-11-7-18(8-12-20)16-26-14-4-2-3-13-22-15-17-5-9-19(10-6-17)21(23)24/h5-12,22H,2-4,13-16H2,1H3,(H,23,24). The van der Waals surface area contributed by atoms with Crippen LogP contribution < -0.4 is 10.1 Å². The molecule has 140 valence electrons. The third kappa shape index (κ3) is 7.25. The Labute approximate surface area is 155 Å². The minimum absolute atomic E-state index is 0.323. The second kappa shape index (κ2) is 11.3. The number of nitrogens with one attached hydrogen (secondary N) is 1. The van der Waals surface area contributed by atoms with Crippen LogP contribution in [0.2, 0.25) is 0 Å². The molecule has 0 unspecified atom stereocenters. The van der Waals surface area contributed by atoms with Gasteiger partial charge in [0, 0.05) is 13.2 Å². The van der Waals surface area contributed by atoms with Crippen molar-refractivity contribution in [3.8, 4) is 5.75 Å². The number of hydrogen-bond acceptors (Lipinski definition) is 4. The fraction of sp³-hybridized carbons (Fsp3) is 0.381. The Balaban J connectivity index is 1.47. The highest BCUT2D eigenvalue weighted by Gasteiger charge is 2.01. The number of methoxy groups -OCH3 is 1. The molecular weight excluding hydrogens is 330 g/mol. The zero-order valence-corrected chi connectivity index (χ0v) is 15.2. The lowest BCUT2D eigenvalue weighted by atomic mass is 10.1. The number of carbonyl (C=O) groups is 1. The van der Waals surface area contributed by atoms with E-state index < -0.39 is 5.97 Å². The van der Waals surface area contributed by atoms with Crippen LogP contribution in [-0.2, 0) is 17.9 Å². The molecule has 26 heavy (non-hydrogen) atoms. The van der Waals surface area contributed by atoms with Gasteiger partial charge in [-0.25, -0.2) is 4.79 Å². The maximum atomic E-state index is 10.8. The fourth-order valence-corrected chi connectivity index (χ4v) is 2.54. The number of carboxylic acids is 1. The van der Waals surface area contributed by atoms with Crippen molar-refractivity contribution in [3.63, 3.8) is 0 Å². The number of benzene rings is 2. The molecule has 0 atom stereocenters. The first-order chi connectivity index (χ1) is 12.7. The molecule has 0 heterocycles. The highest BCUT2D eigenvalue weighted by Crippen LogP contribution is 2.12. The van der Waals surface area contributed by atoms with E-state index in [1.807, 2.05) is 36.4 Å². The highest BCUT2D eigenvalue weighted by atomic mass is 16.5. The van der Waals surface area contributed by atoms with Gasteiger partial charge in [0.25, 0.3) is 0 Å². The predicted octanol–water partition coefficient (Wildman–Crippen LogP) is 3.87. The lowest BCUT2D eigenvalue weighted by Gasteiger charge is -2.07. The van der Waals surface area contributed by atoms with Crippen LogP contribution in [0.1, 0.15) is 40.7 Å². The molecule has 0 saturated heterocycles. The first-order valence-electron chi connectivity index (χ1n) is 8.92. The average Bonchev–Trinajstić information content (AvgIpc) is 2.67. The van der Waals surface area contributed by atoms with Gasteiger partial charge in [-0.1, -0.05) is 24.3 Å². The van der Waals surface area contributed by atoms with Crippen molar-refractivity contribution in [3.05, 3.63) is 65.2 Å². The Bertz CT molecular complexity index is 653. The van der Waals surface area contributed by atoms with Crippen LogP contribution in [0, 0.1) is 0 Å². The van der Waals surface area contributed by atoms with E-state index in [1.54, 1.807) is 19.2 Å². The van der Waals surface area contributed by atoms with Gasteiger partial charge in [0.05, 0.1) is 19.3 Å². The predicted molar refractivity (Wildman–Crippen MR) is 102 cm³/mol. The monoisotopic (exact) mass is 357 g/mol. The Kier molecular flexibility index (Phi) is 8.66.